The second-order valence-corrected chi connectivity index (χ2v) is 8.00. The van der Waals surface area contributed by atoms with E-state index < -0.39 is 0 Å². The average molecular weight is 236 g/mol. The summed E-state index contributed by atoms with van der Waals surface area (Å²) < 4.78 is 0. The van der Waals surface area contributed by atoms with E-state index in [-0.39, 0.29) is 11.0 Å². The van der Waals surface area contributed by atoms with Gasteiger partial charge in [-0.2, -0.15) is 0 Å². The van der Waals surface area contributed by atoms with E-state index in [0.717, 1.165) is 36.3 Å². The third-order valence-corrected chi connectivity index (χ3v) is 6.26. The van der Waals surface area contributed by atoms with Crippen LogP contribution in [0.25, 0.3) is 0 Å². The van der Waals surface area contributed by atoms with Gasteiger partial charge in [0.1, 0.15) is 0 Å². The van der Waals surface area contributed by atoms with E-state index in [1.54, 1.807) is 6.42 Å². The lowest BCUT2D eigenvalue weighted by atomic mass is 9.75. The Morgan fingerprint density at radius 1 is 1.06 bits per heavy atom. The third-order valence-electron chi connectivity index (χ3n) is 6.26. The Balaban J connectivity index is 1.54. The van der Waals surface area contributed by atoms with E-state index in [2.05, 4.69) is 33.0 Å². The van der Waals surface area contributed by atoms with Gasteiger partial charge < -0.3 is 11.1 Å². The molecule has 3 N–H and O–H groups in total. The highest BCUT2D eigenvalue weighted by Crippen LogP contribution is 2.65. The van der Waals surface area contributed by atoms with Crippen LogP contribution in [0.3, 0.4) is 0 Å². The summed E-state index contributed by atoms with van der Waals surface area (Å²) in [6, 6.07) is 0.836. The average Bonchev–Trinajstić information content (AvgIpc) is 2.61. The molecule has 3 rings (SSSR count). The molecule has 98 valence electrons. The van der Waals surface area contributed by atoms with Gasteiger partial charge in [-0.3, -0.25) is 0 Å². The van der Waals surface area contributed by atoms with Crippen LogP contribution in [0.1, 0.15) is 47.0 Å². The highest BCUT2D eigenvalue weighted by molar-refractivity contribution is 5.17. The molecule has 0 aliphatic heterocycles. The van der Waals surface area contributed by atoms with Gasteiger partial charge in [0.15, 0.2) is 0 Å². The van der Waals surface area contributed by atoms with Gasteiger partial charge >= 0.3 is 0 Å². The summed E-state index contributed by atoms with van der Waals surface area (Å²) in [5.41, 5.74) is 6.32. The molecule has 0 aromatic heterocycles. The van der Waals surface area contributed by atoms with Crippen molar-refractivity contribution in [1.29, 1.82) is 0 Å². The Bertz CT molecular complexity index is 299. The van der Waals surface area contributed by atoms with Crippen molar-refractivity contribution in [3.05, 3.63) is 0 Å². The Labute approximate surface area is 106 Å². The van der Waals surface area contributed by atoms with Crippen LogP contribution in [0.4, 0.5) is 0 Å². The zero-order valence-corrected chi connectivity index (χ0v) is 11.8. The fraction of sp³-hybridized carbons (Fsp3) is 1.00. The Morgan fingerprint density at radius 3 is 2.06 bits per heavy atom. The van der Waals surface area contributed by atoms with Crippen LogP contribution >= 0.6 is 0 Å². The van der Waals surface area contributed by atoms with Crippen LogP contribution in [-0.2, 0) is 0 Å². The maximum Gasteiger partial charge on any atom is 0.0161 e. The van der Waals surface area contributed by atoms with Gasteiger partial charge in [-0.05, 0) is 62.2 Å². The minimum Gasteiger partial charge on any atom is -0.325 e. The van der Waals surface area contributed by atoms with Crippen molar-refractivity contribution in [2.75, 3.05) is 6.54 Å². The summed E-state index contributed by atoms with van der Waals surface area (Å²) in [7, 11) is 0. The van der Waals surface area contributed by atoms with Crippen LogP contribution in [0.15, 0.2) is 0 Å². The molecule has 0 heterocycles. The van der Waals surface area contributed by atoms with Gasteiger partial charge in [-0.15, -0.1) is 0 Å². The molecule has 2 bridgehead atoms. The molecular formula is C15H28N2. The molecule has 0 saturated heterocycles. The number of nitrogens with one attached hydrogen (secondary N) is 1. The van der Waals surface area contributed by atoms with Crippen molar-refractivity contribution in [3.63, 3.8) is 0 Å². The molecule has 3 aliphatic carbocycles. The second kappa shape index (κ2) is 3.48. The minimum atomic E-state index is -0.108. The van der Waals surface area contributed by atoms with E-state index in [1.807, 2.05) is 0 Å². The summed E-state index contributed by atoms with van der Waals surface area (Å²) in [5, 5.41) is 3.83. The second-order valence-electron chi connectivity index (χ2n) is 8.00. The smallest absolute Gasteiger partial charge is 0.0161 e. The van der Waals surface area contributed by atoms with Crippen molar-refractivity contribution in [3.8, 4) is 0 Å². The molecule has 3 fully saturated rings. The van der Waals surface area contributed by atoms with E-state index in [9.17, 15) is 0 Å². The van der Waals surface area contributed by atoms with E-state index in [0.29, 0.717) is 0 Å². The first-order valence-electron chi connectivity index (χ1n) is 7.33. The van der Waals surface area contributed by atoms with Gasteiger partial charge in [0.25, 0.3) is 0 Å². The van der Waals surface area contributed by atoms with Gasteiger partial charge in [-0.25, -0.2) is 0 Å². The summed E-state index contributed by atoms with van der Waals surface area (Å²) >= 11 is 0. The molecule has 0 radical (unpaired) electrons. The summed E-state index contributed by atoms with van der Waals surface area (Å²) in [6.45, 7) is 9.92. The van der Waals surface area contributed by atoms with E-state index >= 15 is 0 Å². The predicted octanol–water partition coefficient (Wildman–Crippen LogP) is 2.38. The first kappa shape index (κ1) is 12.0. The zero-order chi connectivity index (χ0) is 12.4. The number of hydrogen-bond donors (Lipinski definition) is 2. The molecule has 17 heavy (non-hydrogen) atoms. The Kier molecular flexibility index (Phi) is 2.45. The molecule has 0 spiro atoms. The Hall–Kier alpha value is -0.0800. The fourth-order valence-corrected chi connectivity index (χ4v) is 4.20. The first-order chi connectivity index (χ1) is 7.81. The van der Waals surface area contributed by atoms with Crippen LogP contribution < -0.4 is 11.1 Å². The third kappa shape index (κ3) is 1.76. The Morgan fingerprint density at radius 2 is 1.59 bits per heavy atom. The number of hydrogen-bond acceptors (Lipinski definition) is 2. The van der Waals surface area contributed by atoms with Crippen molar-refractivity contribution in [1.82, 2.24) is 5.32 Å². The van der Waals surface area contributed by atoms with Crippen molar-refractivity contribution in [2.45, 2.75) is 58.5 Å². The molecule has 4 atom stereocenters. The quantitative estimate of drug-likeness (QED) is 0.786. The first-order valence-corrected chi connectivity index (χ1v) is 7.33. The molecule has 2 nitrogen and oxygen atoms in total. The van der Waals surface area contributed by atoms with Crippen molar-refractivity contribution in [2.24, 2.45) is 34.8 Å². The van der Waals surface area contributed by atoms with Crippen molar-refractivity contribution < 1.29 is 0 Å². The molecule has 4 unspecified atom stereocenters. The van der Waals surface area contributed by atoms with Gasteiger partial charge in [0.2, 0.25) is 0 Å². The number of rotatable bonds is 4. The lowest BCUT2D eigenvalue weighted by Gasteiger charge is -2.39. The molecule has 0 amide bonds. The molecule has 3 aliphatic rings. The maximum atomic E-state index is 6.26. The van der Waals surface area contributed by atoms with Gasteiger partial charge in [0, 0.05) is 18.1 Å². The highest BCUT2D eigenvalue weighted by atomic mass is 15.0. The lowest BCUT2D eigenvalue weighted by Crippen LogP contribution is -2.52. The van der Waals surface area contributed by atoms with Gasteiger partial charge in [-0.1, -0.05) is 13.8 Å². The highest BCUT2D eigenvalue weighted by Gasteiger charge is 2.64. The number of fused-ring (bicyclic) bond motifs is 5. The fourth-order valence-electron chi connectivity index (χ4n) is 4.20. The molecule has 0 aromatic carbocycles. The largest absolute Gasteiger partial charge is 0.325 e. The molecule has 3 saturated carbocycles. The summed E-state index contributed by atoms with van der Waals surface area (Å²) in [6.07, 6.45) is 4.56. The topological polar surface area (TPSA) is 38.0 Å². The molecule has 2 heteroatoms. The summed E-state index contributed by atoms with van der Waals surface area (Å²) in [5.74, 6) is 4.20. The normalized spacial score (nSPS) is 43.9. The minimum absolute atomic E-state index is 0.108. The standard InChI is InChI=1S/C15H28N2/c1-14(2,15(3,4)16)8-17-13-11-9-5-6-10(7-9)12(11)13/h9-13,17H,5-8,16H2,1-4H3. The summed E-state index contributed by atoms with van der Waals surface area (Å²) in [4.78, 5) is 0. The van der Waals surface area contributed by atoms with E-state index in [1.165, 1.54) is 12.8 Å². The van der Waals surface area contributed by atoms with Crippen LogP contribution in [0.2, 0.25) is 0 Å². The van der Waals surface area contributed by atoms with E-state index in [4.69, 9.17) is 5.73 Å². The SMILES string of the molecule is CC(C)(N)C(C)(C)CNC1C2C3CCC(C3)C12. The maximum absolute atomic E-state index is 6.26. The van der Waals surface area contributed by atoms with Crippen LogP contribution in [0, 0.1) is 29.1 Å². The van der Waals surface area contributed by atoms with Gasteiger partial charge in [0.05, 0.1) is 0 Å². The lowest BCUT2D eigenvalue weighted by molar-refractivity contribution is 0.191. The zero-order valence-electron chi connectivity index (χ0n) is 11.8. The number of nitrogens with two attached hydrogens (primary N) is 1. The van der Waals surface area contributed by atoms with Crippen molar-refractivity contribution >= 4 is 0 Å². The monoisotopic (exact) mass is 236 g/mol. The van der Waals surface area contributed by atoms with Crippen LogP contribution in [0.5, 0.6) is 0 Å². The molecular weight excluding hydrogens is 208 g/mol. The molecule has 0 aromatic rings. The van der Waals surface area contributed by atoms with Crippen LogP contribution in [-0.4, -0.2) is 18.1 Å². The predicted molar refractivity (Wildman–Crippen MR) is 71.6 cm³/mol.